The molecule has 214 valence electrons. The van der Waals surface area contributed by atoms with Gasteiger partial charge in [0.05, 0.1) is 30.8 Å². The highest BCUT2D eigenvalue weighted by Crippen LogP contribution is 2.20. The Balaban J connectivity index is 2.15. The Hall–Kier alpha value is -1.70. The molecule has 1 rings (SSSR count). The van der Waals surface area contributed by atoms with E-state index in [0.29, 0.717) is 43.2 Å². The monoisotopic (exact) mass is 566 g/mol. The second-order valence-corrected chi connectivity index (χ2v) is 14.8. The summed E-state index contributed by atoms with van der Waals surface area (Å²) in [7, 11) is -2.07. The molecule has 1 heterocycles. The fourth-order valence-electron chi connectivity index (χ4n) is 3.30. The number of imide groups is 1. The van der Waals surface area contributed by atoms with Crippen LogP contribution in [0, 0.1) is 0 Å². The molecule has 0 spiro atoms. The summed E-state index contributed by atoms with van der Waals surface area (Å²) < 4.78 is 33.9. The first-order valence-electron chi connectivity index (χ1n) is 12.6. The minimum atomic E-state index is -3.00. The van der Waals surface area contributed by atoms with Gasteiger partial charge in [0.15, 0.2) is 8.87 Å². The highest BCUT2D eigenvalue weighted by molar-refractivity contribution is 8.71. The SMILES string of the molecule is CC(C)(CCNC(=O)CCCCCSS(C)(=O)=O)OCCC(C)(C)OCCC(=O)ON1C(=O)CCC1=O. The van der Waals surface area contributed by atoms with Gasteiger partial charge in [-0.15, -0.1) is 5.06 Å². The standard InChI is InChI=1S/C24H42N2O9S2/c1-23(2,13-15-25-19(27)9-7-6-8-18-36-37(5,31)32)34-17-14-24(3,4)33-16-12-22(30)35-26-20(28)10-11-21(26)29/h6-18H2,1-5H3,(H,25,27). The number of amides is 3. The van der Waals surface area contributed by atoms with Crippen LogP contribution in [0.25, 0.3) is 0 Å². The molecule has 0 bridgehead atoms. The van der Waals surface area contributed by atoms with Crippen LogP contribution in [0.3, 0.4) is 0 Å². The molecule has 0 radical (unpaired) electrons. The van der Waals surface area contributed by atoms with Crippen LogP contribution in [0.5, 0.6) is 0 Å². The van der Waals surface area contributed by atoms with Crippen molar-refractivity contribution < 1.29 is 41.9 Å². The van der Waals surface area contributed by atoms with Gasteiger partial charge in [-0.25, -0.2) is 13.2 Å². The van der Waals surface area contributed by atoms with Crippen molar-refractivity contribution in [1.29, 1.82) is 0 Å². The number of carbonyl (C=O) groups is 4. The van der Waals surface area contributed by atoms with Crippen molar-refractivity contribution in [3.8, 4) is 0 Å². The zero-order valence-electron chi connectivity index (χ0n) is 22.6. The van der Waals surface area contributed by atoms with Crippen LogP contribution in [-0.2, 0) is 42.4 Å². The van der Waals surface area contributed by atoms with E-state index in [9.17, 15) is 27.6 Å². The lowest BCUT2D eigenvalue weighted by atomic mass is 10.0. The average Bonchev–Trinajstić information content (AvgIpc) is 3.06. The van der Waals surface area contributed by atoms with Gasteiger partial charge in [-0.05, 0) is 64.2 Å². The second kappa shape index (κ2) is 15.6. The van der Waals surface area contributed by atoms with Crippen molar-refractivity contribution in [3.63, 3.8) is 0 Å². The van der Waals surface area contributed by atoms with Gasteiger partial charge in [-0.3, -0.25) is 14.4 Å². The lowest BCUT2D eigenvalue weighted by molar-refractivity contribution is -0.198. The number of nitrogens with zero attached hydrogens (tertiary/aromatic N) is 1. The molecule has 1 aliphatic rings. The first-order valence-corrected chi connectivity index (χ1v) is 16.0. The van der Waals surface area contributed by atoms with Crippen LogP contribution in [0.4, 0.5) is 0 Å². The maximum absolute atomic E-state index is 12.0. The third-order valence-electron chi connectivity index (χ3n) is 5.59. The van der Waals surface area contributed by atoms with Crippen LogP contribution in [0.1, 0.15) is 85.5 Å². The molecule has 37 heavy (non-hydrogen) atoms. The second-order valence-electron chi connectivity index (χ2n) is 10.2. The van der Waals surface area contributed by atoms with E-state index in [4.69, 9.17) is 14.3 Å². The number of rotatable bonds is 19. The molecule has 0 saturated carbocycles. The third kappa shape index (κ3) is 16.0. The van der Waals surface area contributed by atoms with Gasteiger partial charge in [0.2, 0.25) is 5.91 Å². The van der Waals surface area contributed by atoms with Crippen LogP contribution in [-0.4, -0.2) is 80.1 Å². The molecule has 0 aromatic carbocycles. The summed E-state index contributed by atoms with van der Waals surface area (Å²) in [6, 6.07) is 0. The molecule has 0 atom stereocenters. The molecule has 0 unspecified atom stereocenters. The van der Waals surface area contributed by atoms with Crippen molar-refractivity contribution in [1.82, 2.24) is 10.4 Å². The molecule has 0 aliphatic carbocycles. The fraction of sp³-hybridized carbons (Fsp3) is 0.833. The number of ether oxygens (including phenoxy) is 2. The first kappa shape index (κ1) is 33.3. The van der Waals surface area contributed by atoms with E-state index in [1.54, 1.807) is 0 Å². The molecule has 0 aromatic heterocycles. The van der Waals surface area contributed by atoms with Crippen molar-refractivity contribution in [2.75, 3.05) is 31.8 Å². The Morgan fingerprint density at radius 3 is 2.14 bits per heavy atom. The maximum atomic E-state index is 12.0. The maximum Gasteiger partial charge on any atom is 0.335 e. The lowest BCUT2D eigenvalue weighted by Crippen LogP contribution is -2.35. The largest absolute Gasteiger partial charge is 0.375 e. The first-order chi connectivity index (χ1) is 17.1. The van der Waals surface area contributed by atoms with Crippen LogP contribution in [0.2, 0.25) is 0 Å². The van der Waals surface area contributed by atoms with Crippen molar-refractivity contribution >= 4 is 43.4 Å². The Kier molecular flexibility index (Phi) is 14.1. The topological polar surface area (TPSA) is 145 Å². The van der Waals surface area contributed by atoms with Crippen LogP contribution >= 0.6 is 10.8 Å². The predicted octanol–water partition coefficient (Wildman–Crippen LogP) is 2.72. The normalized spacial score (nSPS) is 14.8. The Bertz CT molecular complexity index is 873. The molecule has 1 aliphatic heterocycles. The number of carbonyl (C=O) groups excluding carboxylic acids is 4. The minimum Gasteiger partial charge on any atom is -0.375 e. The summed E-state index contributed by atoms with van der Waals surface area (Å²) >= 11 is 0. The van der Waals surface area contributed by atoms with Crippen molar-refractivity contribution in [3.05, 3.63) is 0 Å². The number of hydrogen-bond donors (Lipinski definition) is 1. The highest BCUT2D eigenvalue weighted by atomic mass is 33.1. The fourth-order valence-corrected chi connectivity index (χ4v) is 5.19. The Morgan fingerprint density at radius 1 is 0.919 bits per heavy atom. The van der Waals surface area contributed by atoms with Crippen molar-refractivity contribution in [2.45, 2.75) is 96.7 Å². The molecule has 13 heteroatoms. The van der Waals surface area contributed by atoms with Crippen LogP contribution in [0.15, 0.2) is 0 Å². The molecule has 11 nitrogen and oxygen atoms in total. The van der Waals surface area contributed by atoms with Gasteiger partial charge < -0.3 is 19.6 Å². The summed E-state index contributed by atoms with van der Waals surface area (Å²) in [6.45, 7) is 8.63. The summed E-state index contributed by atoms with van der Waals surface area (Å²) in [5.74, 6) is -1.22. The van der Waals surface area contributed by atoms with E-state index < -0.39 is 37.9 Å². The summed E-state index contributed by atoms with van der Waals surface area (Å²) in [5.41, 5.74) is -1.02. The van der Waals surface area contributed by atoms with E-state index in [1.165, 1.54) is 6.26 Å². The van der Waals surface area contributed by atoms with Gasteiger partial charge in [0, 0.05) is 37.8 Å². The van der Waals surface area contributed by atoms with Gasteiger partial charge >= 0.3 is 5.97 Å². The zero-order chi connectivity index (χ0) is 28.1. The highest BCUT2D eigenvalue weighted by Gasteiger charge is 2.33. The lowest BCUT2D eigenvalue weighted by Gasteiger charge is -2.30. The van der Waals surface area contributed by atoms with Gasteiger partial charge in [0.1, 0.15) is 0 Å². The van der Waals surface area contributed by atoms with E-state index in [0.717, 1.165) is 30.1 Å². The summed E-state index contributed by atoms with van der Waals surface area (Å²) in [4.78, 5) is 51.7. The van der Waals surface area contributed by atoms with E-state index in [1.807, 2.05) is 27.7 Å². The third-order valence-corrected chi connectivity index (χ3v) is 8.26. The number of hydrogen-bond acceptors (Lipinski definition) is 10. The number of unbranched alkanes of at least 4 members (excludes halogenated alkanes) is 2. The average molecular weight is 567 g/mol. The summed E-state index contributed by atoms with van der Waals surface area (Å²) in [5, 5.41) is 3.42. The quantitative estimate of drug-likeness (QED) is 0.141. The van der Waals surface area contributed by atoms with E-state index >= 15 is 0 Å². The molecular weight excluding hydrogens is 524 g/mol. The number of hydroxylamine groups is 2. The zero-order valence-corrected chi connectivity index (χ0v) is 24.3. The van der Waals surface area contributed by atoms with Gasteiger partial charge in [-0.2, -0.15) is 0 Å². The molecule has 1 saturated heterocycles. The smallest absolute Gasteiger partial charge is 0.335 e. The molecular formula is C24H42N2O9S2. The molecule has 3 amide bonds. The van der Waals surface area contributed by atoms with Crippen LogP contribution < -0.4 is 5.32 Å². The molecule has 0 aromatic rings. The number of nitrogens with one attached hydrogen (secondary N) is 1. The van der Waals surface area contributed by atoms with Gasteiger partial charge in [-0.1, -0.05) is 6.42 Å². The minimum absolute atomic E-state index is 0.0295. The van der Waals surface area contributed by atoms with Gasteiger partial charge in [0.25, 0.3) is 11.8 Å². The molecule has 1 fully saturated rings. The van der Waals surface area contributed by atoms with Crippen molar-refractivity contribution in [2.24, 2.45) is 0 Å². The Morgan fingerprint density at radius 2 is 1.51 bits per heavy atom. The Labute approximate surface area is 224 Å². The van der Waals surface area contributed by atoms with E-state index in [-0.39, 0.29) is 31.8 Å². The predicted molar refractivity (Wildman–Crippen MR) is 140 cm³/mol. The molecule has 1 N–H and O–H groups in total. The summed E-state index contributed by atoms with van der Waals surface area (Å²) in [6.07, 6.45) is 5.10. The van der Waals surface area contributed by atoms with E-state index in [2.05, 4.69) is 5.32 Å².